The van der Waals surface area contributed by atoms with Gasteiger partial charge >= 0.3 is 0 Å². The molecule has 4 atom stereocenters. The Kier molecular flexibility index (Phi) is 5.46. The third kappa shape index (κ3) is 3.71. The van der Waals surface area contributed by atoms with E-state index in [9.17, 15) is 5.26 Å². The van der Waals surface area contributed by atoms with Crippen LogP contribution in [-0.4, -0.2) is 12.2 Å². The minimum Gasteiger partial charge on any atom is -0.400 e. The summed E-state index contributed by atoms with van der Waals surface area (Å²) >= 11 is 0. The maximum absolute atomic E-state index is 9.33. The second-order valence-electron chi connectivity index (χ2n) is 6.23. The molecule has 0 aromatic carbocycles. The van der Waals surface area contributed by atoms with Crippen LogP contribution in [-0.2, 0) is 0 Å². The number of rotatable bonds is 0. The van der Waals surface area contributed by atoms with Crippen molar-refractivity contribution < 1.29 is 5.11 Å². The molecule has 0 aromatic heterocycles. The van der Waals surface area contributed by atoms with Crippen molar-refractivity contribution in [3.63, 3.8) is 0 Å². The van der Waals surface area contributed by atoms with Gasteiger partial charge in [-0.2, -0.15) is 5.26 Å². The zero-order chi connectivity index (χ0) is 12.9. The summed E-state index contributed by atoms with van der Waals surface area (Å²) in [5.74, 6) is 2.54. The Balaban J connectivity index is 0.000000686. The molecule has 2 aliphatic carbocycles. The van der Waals surface area contributed by atoms with Crippen LogP contribution in [0.3, 0.4) is 0 Å². The number of aliphatic hydroxyl groups excluding tert-OH is 1. The van der Waals surface area contributed by atoms with Gasteiger partial charge in [0.25, 0.3) is 0 Å². The van der Waals surface area contributed by atoms with E-state index in [0.717, 1.165) is 31.3 Å². The van der Waals surface area contributed by atoms with Gasteiger partial charge in [-0.1, -0.05) is 32.6 Å². The predicted octanol–water partition coefficient (Wildman–Crippen LogP) is 3.75. The third-order valence-corrected chi connectivity index (χ3v) is 4.55. The first-order chi connectivity index (χ1) is 8.13. The van der Waals surface area contributed by atoms with Crippen LogP contribution in [0.1, 0.15) is 58.8 Å². The van der Waals surface area contributed by atoms with Crippen molar-refractivity contribution in [3.8, 4) is 6.07 Å². The first-order valence-corrected chi connectivity index (χ1v) is 6.99. The Hall–Kier alpha value is -0.550. The molecular formula is C15H27NO. The smallest absolute Gasteiger partial charge is 0.0687 e. The van der Waals surface area contributed by atoms with Crippen molar-refractivity contribution in [2.45, 2.75) is 58.8 Å². The molecule has 2 nitrogen and oxygen atoms in total. The zero-order valence-electron chi connectivity index (χ0n) is 11.6. The number of hydrogen-bond acceptors (Lipinski definition) is 2. The zero-order valence-corrected chi connectivity index (χ0v) is 11.6. The molecule has 1 N–H and O–H groups in total. The molecule has 4 unspecified atom stereocenters. The van der Waals surface area contributed by atoms with Crippen molar-refractivity contribution >= 4 is 0 Å². The van der Waals surface area contributed by atoms with Crippen molar-refractivity contribution in [1.29, 1.82) is 5.26 Å². The molecule has 2 fully saturated rings. The lowest BCUT2D eigenvalue weighted by atomic mass is 9.72. The van der Waals surface area contributed by atoms with E-state index in [2.05, 4.69) is 19.9 Å². The highest BCUT2D eigenvalue weighted by molar-refractivity contribution is 5.01. The Morgan fingerprint density at radius 1 is 1.12 bits per heavy atom. The van der Waals surface area contributed by atoms with Crippen LogP contribution in [0.2, 0.25) is 0 Å². The monoisotopic (exact) mass is 237 g/mol. The van der Waals surface area contributed by atoms with Crippen LogP contribution in [0, 0.1) is 34.5 Å². The summed E-state index contributed by atoms with van der Waals surface area (Å²) in [6, 6.07) is 2.58. The Morgan fingerprint density at radius 2 is 1.71 bits per heavy atom. The SMILES string of the molecule is CC1CC2CCCCC2CC(C)(C#N)C1.CO. The third-order valence-electron chi connectivity index (χ3n) is 4.55. The number of nitrogens with zero attached hydrogens (tertiary/aromatic N) is 1. The molecule has 2 rings (SSSR count). The van der Waals surface area contributed by atoms with Gasteiger partial charge in [-0.3, -0.25) is 0 Å². The van der Waals surface area contributed by atoms with E-state index in [1.807, 2.05) is 0 Å². The van der Waals surface area contributed by atoms with E-state index < -0.39 is 0 Å². The molecular weight excluding hydrogens is 210 g/mol. The summed E-state index contributed by atoms with van der Waals surface area (Å²) in [4.78, 5) is 0. The summed E-state index contributed by atoms with van der Waals surface area (Å²) in [7, 11) is 1.00. The molecule has 0 aromatic rings. The highest BCUT2D eigenvalue weighted by Crippen LogP contribution is 2.47. The second-order valence-corrected chi connectivity index (χ2v) is 6.23. The number of aliphatic hydroxyl groups is 1. The van der Waals surface area contributed by atoms with Gasteiger partial charge in [0.05, 0.1) is 11.5 Å². The van der Waals surface area contributed by atoms with E-state index in [1.54, 1.807) is 0 Å². The summed E-state index contributed by atoms with van der Waals surface area (Å²) in [6.07, 6.45) is 9.30. The molecule has 2 aliphatic rings. The first-order valence-electron chi connectivity index (χ1n) is 6.99. The van der Waals surface area contributed by atoms with Crippen LogP contribution in [0.15, 0.2) is 0 Å². The molecule has 0 aliphatic heterocycles. The standard InChI is InChI=1S/C14H23N.CH4O/c1-11-7-12-5-3-4-6-13(12)9-14(2,8-11)10-15;1-2/h11-13H,3-9H2,1-2H3;2H,1H3. The Bertz CT molecular complexity index is 271. The normalized spacial score (nSPS) is 41.2. The second kappa shape index (κ2) is 6.40. The van der Waals surface area contributed by atoms with Gasteiger partial charge in [0.1, 0.15) is 0 Å². The molecule has 0 spiro atoms. The average molecular weight is 237 g/mol. The lowest BCUT2D eigenvalue weighted by Gasteiger charge is -2.32. The number of fused-ring (bicyclic) bond motifs is 1. The van der Waals surface area contributed by atoms with Crippen LogP contribution >= 0.6 is 0 Å². The molecule has 17 heavy (non-hydrogen) atoms. The molecule has 0 saturated heterocycles. The summed E-state index contributed by atoms with van der Waals surface area (Å²) in [6.45, 7) is 4.52. The largest absolute Gasteiger partial charge is 0.400 e. The van der Waals surface area contributed by atoms with Crippen molar-refractivity contribution in [3.05, 3.63) is 0 Å². The molecule has 0 radical (unpaired) electrons. The van der Waals surface area contributed by atoms with E-state index in [1.165, 1.54) is 38.5 Å². The minimum atomic E-state index is -0.0316. The van der Waals surface area contributed by atoms with E-state index in [0.29, 0.717) is 0 Å². The van der Waals surface area contributed by atoms with Gasteiger partial charge in [0.15, 0.2) is 0 Å². The van der Waals surface area contributed by atoms with Gasteiger partial charge in [-0.05, 0) is 43.9 Å². The molecule has 0 heterocycles. The molecule has 2 saturated carbocycles. The highest BCUT2D eigenvalue weighted by Gasteiger charge is 2.38. The van der Waals surface area contributed by atoms with Gasteiger partial charge in [0, 0.05) is 7.11 Å². The Morgan fingerprint density at radius 3 is 2.29 bits per heavy atom. The predicted molar refractivity (Wildman–Crippen MR) is 70.3 cm³/mol. The number of nitriles is 1. The van der Waals surface area contributed by atoms with Gasteiger partial charge < -0.3 is 5.11 Å². The van der Waals surface area contributed by atoms with E-state index in [-0.39, 0.29) is 5.41 Å². The molecule has 2 heteroatoms. The van der Waals surface area contributed by atoms with Crippen LogP contribution in [0.5, 0.6) is 0 Å². The van der Waals surface area contributed by atoms with Crippen molar-refractivity contribution in [2.24, 2.45) is 23.2 Å². The summed E-state index contributed by atoms with van der Waals surface area (Å²) in [5.41, 5.74) is -0.0316. The maximum atomic E-state index is 9.33. The summed E-state index contributed by atoms with van der Waals surface area (Å²) in [5, 5.41) is 16.3. The van der Waals surface area contributed by atoms with Crippen molar-refractivity contribution in [2.75, 3.05) is 7.11 Å². The Labute approximate surface area is 106 Å². The minimum absolute atomic E-state index is 0.0316. The lowest BCUT2D eigenvalue weighted by Crippen LogP contribution is -2.23. The van der Waals surface area contributed by atoms with Crippen molar-refractivity contribution in [1.82, 2.24) is 0 Å². The first kappa shape index (κ1) is 14.5. The van der Waals surface area contributed by atoms with Gasteiger partial charge in [-0.15, -0.1) is 0 Å². The van der Waals surface area contributed by atoms with Crippen LogP contribution in [0.4, 0.5) is 0 Å². The fourth-order valence-electron chi connectivity index (χ4n) is 3.99. The summed E-state index contributed by atoms with van der Waals surface area (Å²) < 4.78 is 0. The average Bonchev–Trinajstić information content (AvgIpc) is 2.46. The molecule has 0 bridgehead atoms. The molecule has 98 valence electrons. The van der Waals surface area contributed by atoms with Gasteiger partial charge in [0.2, 0.25) is 0 Å². The van der Waals surface area contributed by atoms with Gasteiger partial charge in [-0.25, -0.2) is 0 Å². The topological polar surface area (TPSA) is 44.0 Å². The lowest BCUT2D eigenvalue weighted by molar-refractivity contribution is 0.194. The maximum Gasteiger partial charge on any atom is 0.0687 e. The fourth-order valence-corrected chi connectivity index (χ4v) is 3.99. The highest BCUT2D eigenvalue weighted by atomic mass is 16.2. The van der Waals surface area contributed by atoms with Crippen LogP contribution in [0.25, 0.3) is 0 Å². The quantitative estimate of drug-likeness (QED) is 0.697. The van der Waals surface area contributed by atoms with Crippen LogP contribution < -0.4 is 0 Å². The molecule has 0 amide bonds. The van der Waals surface area contributed by atoms with E-state index >= 15 is 0 Å². The van der Waals surface area contributed by atoms with E-state index in [4.69, 9.17) is 5.11 Å². The fraction of sp³-hybridized carbons (Fsp3) is 0.933. The number of hydrogen-bond donors (Lipinski definition) is 1.